The van der Waals surface area contributed by atoms with Crippen molar-refractivity contribution in [2.45, 2.75) is 6.92 Å². The minimum Gasteiger partial charge on any atom is -0.401 e. The Balaban J connectivity index is 2.75. The van der Waals surface area contributed by atoms with Gasteiger partial charge in [0.1, 0.15) is 0 Å². The molecule has 0 bridgehead atoms. The van der Waals surface area contributed by atoms with Gasteiger partial charge in [0, 0.05) is 18.1 Å². The lowest BCUT2D eigenvalue weighted by Gasteiger charge is -2.16. The van der Waals surface area contributed by atoms with Gasteiger partial charge in [0.15, 0.2) is 0 Å². The summed E-state index contributed by atoms with van der Waals surface area (Å²) in [6.07, 6.45) is 7.11. The maximum atomic E-state index is 5.47. The predicted octanol–water partition coefficient (Wildman–Crippen LogP) is 1.18. The molecule has 0 aromatic rings. The lowest BCUT2D eigenvalue weighted by atomic mass is 10.4. The van der Waals surface area contributed by atoms with E-state index in [1.165, 1.54) is 0 Å². The van der Waals surface area contributed by atoms with Crippen LogP contribution < -0.4 is 5.73 Å². The molecule has 0 aromatic carbocycles. The fourth-order valence-corrected chi connectivity index (χ4v) is 0.724. The summed E-state index contributed by atoms with van der Waals surface area (Å²) in [5.41, 5.74) is 6.99. The average molecular weight is 149 g/mol. The Labute approximate surface area is 66.2 Å². The van der Waals surface area contributed by atoms with Gasteiger partial charge >= 0.3 is 0 Å². The molecule has 0 radical (unpaired) electrons. The molecule has 2 N–H and O–H groups in total. The van der Waals surface area contributed by atoms with Gasteiger partial charge in [-0.2, -0.15) is 5.10 Å². The smallest absolute Gasteiger partial charge is 0.0575 e. The molecule has 11 heavy (non-hydrogen) atoms. The van der Waals surface area contributed by atoms with Gasteiger partial charge in [-0.1, -0.05) is 6.58 Å². The number of rotatable bonds is 1. The first-order valence-electron chi connectivity index (χ1n) is 3.33. The van der Waals surface area contributed by atoms with Crippen LogP contribution in [0.25, 0.3) is 0 Å². The highest BCUT2D eigenvalue weighted by molar-refractivity contribution is 5.73. The Kier molecular flexibility index (Phi) is 2.11. The lowest BCUT2D eigenvalue weighted by Crippen LogP contribution is -2.12. The van der Waals surface area contributed by atoms with Gasteiger partial charge in [0.2, 0.25) is 0 Å². The minimum absolute atomic E-state index is 0.707. The summed E-state index contributed by atoms with van der Waals surface area (Å²) in [7, 11) is 0. The highest BCUT2D eigenvalue weighted by Crippen LogP contribution is 2.08. The van der Waals surface area contributed by atoms with Gasteiger partial charge < -0.3 is 5.73 Å². The summed E-state index contributed by atoms with van der Waals surface area (Å²) in [5.74, 6) is 0. The largest absolute Gasteiger partial charge is 0.401 e. The van der Waals surface area contributed by atoms with Crippen LogP contribution in [0.2, 0.25) is 0 Å². The highest BCUT2D eigenvalue weighted by Gasteiger charge is 2.00. The van der Waals surface area contributed by atoms with E-state index in [9.17, 15) is 0 Å². The van der Waals surface area contributed by atoms with Crippen LogP contribution in [0.15, 0.2) is 41.4 Å². The molecule has 0 aromatic heterocycles. The molecular weight excluding hydrogens is 138 g/mol. The van der Waals surface area contributed by atoms with Crippen LogP contribution in [0, 0.1) is 0 Å². The zero-order valence-electron chi connectivity index (χ0n) is 6.49. The molecule has 1 heterocycles. The van der Waals surface area contributed by atoms with Crippen LogP contribution in [0.5, 0.6) is 0 Å². The molecule has 0 atom stereocenters. The summed E-state index contributed by atoms with van der Waals surface area (Å²) in [4.78, 5) is 0. The zero-order chi connectivity index (χ0) is 8.27. The van der Waals surface area contributed by atoms with E-state index in [1.54, 1.807) is 24.3 Å². The summed E-state index contributed by atoms with van der Waals surface area (Å²) >= 11 is 0. The van der Waals surface area contributed by atoms with Gasteiger partial charge in [-0.15, -0.1) is 0 Å². The Bertz CT molecular complexity index is 244. The Morgan fingerprint density at radius 1 is 1.82 bits per heavy atom. The fraction of sp³-hybridized carbons (Fsp3) is 0.125. The van der Waals surface area contributed by atoms with Crippen molar-refractivity contribution in [1.29, 1.82) is 0 Å². The third-order valence-corrected chi connectivity index (χ3v) is 1.19. The first-order chi connectivity index (χ1) is 5.20. The SMILES string of the molecule is C=C1C=CC=NN1/C=C(/C)N. The molecule has 1 aliphatic rings. The molecule has 58 valence electrons. The number of nitrogens with two attached hydrogens (primary N) is 1. The maximum absolute atomic E-state index is 5.47. The third-order valence-electron chi connectivity index (χ3n) is 1.19. The van der Waals surface area contributed by atoms with Gasteiger partial charge in [0.25, 0.3) is 0 Å². The number of hydrogen-bond acceptors (Lipinski definition) is 3. The fourth-order valence-electron chi connectivity index (χ4n) is 0.724. The van der Waals surface area contributed by atoms with Gasteiger partial charge in [-0.3, -0.25) is 0 Å². The van der Waals surface area contributed by atoms with Gasteiger partial charge in [-0.05, 0) is 19.1 Å². The van der Waals surface area contributed by atoms with Crippen LogP contribution in [0.4, 0.5) is 0 Å². The Hall–Kier alpha value is -1.51. The third kappa shape index (κ3) is 1.97. The quantitative estimate of drug-likeness (QED) is 0.608. The van der Waals surface area contributed by atoms with E-state index in [2.05, 4.69) is 11.7 Å². The second-order valence-corrected chi connectivity index (χ2v) is 2.33. The zero-order valence-corrected chi connectivity index (χ0v) is 6.49. The number of nitrogens with zero attached hydrogens (tertiary/aromatic N) is 2. The molecule has 1 aliphatic heterocycles. The molecule has 0 spiro atoms. The van der Waals surface area contributed by atoms with Crippen LogP contribution in [0.3, 0.4) is 0 Å². The van der Waals surface area contributed by atoms with E-state index < -0.39 is 0 Å². The van der Waals surface area contributed by atoms with E-state index in [0.29, 0.717) is 5.70 Å². The van der Waals surface area contributed by atoms with Gasteiger partial charge in [-0.25, -0.2) is 5.01 Å². The molecular formula is C8H11N3. The standard InChI is InChI=1S/C8H11N3/c1-7(9)6-11-8(2)4-3-5-10-11/h3-6H,2,9H2,1H3/b7-6-. The summed E-state index contributed by atoms with van der Waals surface area (Å²) in [6.45, 7) is 5.58. The molecule has 0 unspecified atom stereocenters. The van der Waals surface area contributed by atoms with Crippen molar-refractivity contribution in [2.24, 2.45) is 10.8 Å². The summed E-state index contributed by atoms with van der Waals surface area (Å²) in [6, 6.07) is 0. The van der Waals surface area contributed by atoms with Crippen molar-refractivity contribution in [2.75, 3.05) is 0 Å². The highest BCUT2D eigenvalue weighted by atomic mass is 15.4. The molecule has 0 aliphatic carbocycles. The maximum Gasteiger partial charge on any atom is 0.0575 e. The normalized spacial score (nSPS) is 17.7. The average Bonchev–Trinajstić information content (AvgIpc) is 1.93. The predicted molar refractivity (Wildman–Crippen MR) is 46.6 cm³/mol. The molecule has 1 rings (SSSR count). The van der Waals surface area contributed by atoms with E-state index >= 15 is 0 Å². The minimum atomic E-state index is 0.707. The molecule has 3 heteroatoms. The molecule has 0 saturated heterocycles. The molecule has 3 nitrogen and oxygen atoms in total. The first kappa shape index (κ1) is 7.60. The van der Waals surface area contributed by atoms with Crippen LogP contribution in [0.1, 0.15) is 6.92 Å². The topological polar surface area (TPSA) is 41.6 Å². The second kappa shape index (κ2) is 3.05. The van der Waals surface area contributed by atoms with Crippen molar-refractivity contribution in [1.82, 2.24) is 5.01 Å². The van der Waals surface area contributed by atoms with E-state index in [4.69, 9.17) is 5.73 Å². The number of allylic oxidation sites excluding steroid dienone is 3. The van der Waals surface area contributed by atoms with Crippen molar-refractivity contribution < 1.29 is 0 Å². The van der Waals surface area contributed by atoms with Crippen LogP contribution in [-0.4, -0.2) is 11.2 Å². The Morgan fingerprint density at radius 2 is 2.55 bits per heavy atom. The van der Waals surface area contributed by atoms with Crippen molar-refractivity contribution in [3.05, 3.63) is 36.3 Å². The molecule has 0 fully saturated rings. The molecule has 0 saturated carbocycles. The molecule has 0 amide bonds. The summed E-state index contributed by atoms with van der Waals surface area (Å²) < 4.78 is 0. The van der Waals surface area contributed by atoms with E-state index in [-0.39, 0.29) is 0 Å². The van der Waals surface area contributed by atoms with Crippen LogP contribution in [-0.2, 0) is 0 Å². The first-order valence-corrected chi connectivity index (χ1v) is 3.33. The Morgan fingerprint density at radius 3 is 3.09 bits per heavy atom. The van der Waals surface area contributed by atoms with Crippen molar-refractivity contribution >= 4 is 6.21 Å². The van der Waals surface area contributed by atoms with Gasteiger partial charge in [0.05, 0.1) is 5.70 Å². The van der Waals surface area contributed by atoms with Crippen molar-refractivity contribution in [3.63, 3.8) is 0 Å². The lowest BCUT2D eigenvalue weighted by molar-refractivity contribution is 0.510. The van der Waals surface area contributed by atoms with Crippen molar-refractivity contribution in [3.8, 4) is 0 Å². The van der Waals surface area contributed by atoms with E-state index in [1.807, 2.05) is 12.2 Å². The number of hydrazone groups is 1. The number of hydrogen-bond donors (Lipinski definition) is 1. The summed E-state index contributed by atoms with van der Waals surface area (Å²) in [5, 5.41) is 5.65. The monoisotopic (exact) mass is 149 g/mol. The van der Waals surface area contributed by atoms with Crippen LogP contribution >= 0.6 is 0 Å². The second-order valence-electron chi connectivity index (χ2n) is 2.33. The van der Waals surface area contributed by atoms with E-state index in [0.717, 1.165) is 5.70 Å².